The first-order valence-corrected chi connectivity index (χ1v) is 6.10. The van der Waals surface area contributed by atoms with E-state index in [-0.39, 0.29) is 51.0 Å². The number of hydrogen-bond acceptors (Lipinski definition) is 0. The van der Waals surface area contributed by atoms with Crippen LogP contribution in [0.4, 0.5) is 0 Å². The second-order valence-corrected chi connectivity index (χ2v) is 4.51. The Bertz CT molecular complexity index is 556. The van der Waals surface area contributed by atoms with E-state index in [4.69, 9.17) is 0 Å². The molecule has 0 bridgehead atoms. The summed E-state index contributed by atoms with van der Waals surface area (Å²) in [5, 5.41) is 0. The second kappa shape index (κ2) is 8.83. The van der Waals surface area contributed by atoms with Crippen molar-refractivity contribution in [3.05, 3.63) is 77.9 Å². The van der Waals surface area contributed by atoms with Gasteiger partial charge in [-0.3, -0.25) is 0 Å². The number of allylic oxidation sites excluding steroid dienone is 7. The van der Waals surface area contributed by atoms with Crippen LogP contribution in [0.2, 0.25) is 0 Å². The maximum Gasteiger partial charge on any atom is 3.00 e. The van der Waals surface area contributed by atoms with Crippen molar-refractivity contribution >= 4 is 5.57 Å². The van der Waals surface area contributed by atoms with E-state index in [2.05, 4.69) is 55.1 Å². The first-order chi connectivity index (χ1) is 8.40. The molecule has 1 atom stereocenters. The van der Waals surface area contributed by atoms with Crippen LogP contribution in [-0.2, 0) is 26.2 Å². The Kier molecular flexibility index (Phi) is 8.67. The minimum absolute atomic E-state index is 0. The maximum absolute atomic E-state index is 3.84. The van der Waals surface area contributed by atoms with Gasteiger partial charge in [0, 0.05) is 0 Å². The standard InChI is InChI=1S/C17H15.2ClH.Zr/c1-2-7-14-12-17(13-8-3-4-9-13)16-11-6-5-10-15(14)16;;;/h2-6,8,10-11,14H,1,7,9H2;2*1H;/q-1;;;+3/p-2. The molecule has 0 saturated heterocycles. The largest absolute Gasteiger partial charge is 3.00 e. The molecule has 0 aromatic heterocycles. The molecule has 0 nitrogen and oxygen atoms in total. The van der Waals surface area contributed by atoms with Gasteiger partial charge in [0.1, 0.15) is 0 Å². The van der Waals surface area contributed by atoms with E-state index in [1.807, 2.05) is 6.08 Å². The van der Waals surface area contributed by atoms with Gasteiger partial charge in [0.15, 0.2) is 0 Å². The van der Waals surface area contributed by atoms with Crippen molar-refractivity contribution in [2.45, 2.75) is 18.8 Å². The smallest absolute Gasteiger partial charge is 1.00 e. The molecule has 2 aliphatic carbocycles. The Morgan fingerprint density at radius 3 is 2.65 bits per heavy atom. The molecule has 1 aromatic rings. The molecule has 0 spiro atoms. The van der Waals surface area contributed by atoms with Crippen molar-refractivity contribution in [1.29, 1.82) is 0 Å². The topological polar surface area (TPSA) is 0 Å². The first-order valence-electron chi connectivity index (χ1n) is 6.10. The summed E-state index contributed by atoms with van der Waals surface area (Å²) in [5.41, 5.74) is 5.45. The van der Waals surface area contributed by atoms with E-state index in [1.54, 1.807) is 0 Å². The molecule has 1 unspecified atom stereocenters. The Balaban J connectivity index is 0.00000120. The fourth-order valence-corrected chi connectivity index (χ4v) is 2.61. The Morgan fingerprint density at radius 2 is 2.00 bits per heavy atom. The van der Waals surface area contributed by atoms with Crippen molar-refractivity contribution < 1.29 is 51.0 Å². The van der Waals surface area contributed by atoms with Gasteiger partial charge in [-0.25, -0.2) is 0 Å². The summed E-state index contributed by atoms with van der Waals surface area (Å²) in [5.74, 6) is 0.389. The molecule has 3 rings (SSSR count). The summed E-state index contributed by atoms with van der Waals surface area (Å²) in [6.45, 7) is 3.84. The third-order valence-corrected chi connectivity index (χ3v) is 3.42. The predicted octanol–water partition coefficient (Wildman–Crippen LogP) is -1.56. The third-order valence-electron chi connectivity index (χ3n) is 3.42. The van der Waals surface area contributed by atoms with Gasteiger partial charge in [0.25, 0.3) is 0 Å². The maximum atomic E-state index is 3.84. The average molecular weight is 381 g/mol. The van der Waals surface area contributed by atoms with E-state index >= 15 is 0 Å². The van der Waals surface area contributed by atoms with Crippen LogP contribution in [-0.4, -0.2) is 0 Å². The van der Waals surface area contributed by atoms with Gasteiger partial charge in [0.05, 0.1) is 0 Å². The number of benzene rings is 1. The molecular formula is C17H15Cl2Zr. The van der Waals surface area contributed by atoms with E-state index in [9.17, 15) is 0 Å². The van der Waals surface area contributed by atoms with Crippen LogP contribution in [0.15, 0.2) is 60.7 Å². The van der Waals surface area contributed by atoms with Crippen LogP contribution in [0.5, 0.6) is 0 Å². The predicted molar refractivity (Wildman–Crippen MR) is 72.5 cm³/mol. The Morgan fingerprint density at radius 1 is 1.25 bits per heavy atom. The summed E-state index contributed by atoms with van der Waals surface area (Å²) in [7, 11) is 0. The molecule has 0 aliphatic heterocycles. The molecule has 101 valence electrons. The van der Waals surface area contributed by atoms with Gasteiger partial charge in [-0.1, -0.05) is 48.8 Å². The average Bonchev–Trinajstić information content (AvgIpc) is 2.97. The SMILES string of the molecule is C=CCC1[C-]=C(C2=CC=CC2)c2ccccc21.[Cl-].[Cl-].[Zr+3]. The Hall–Kier alpha value is -0.357. The Labute approximate surface area is 152 Å². The van der Waals surface area contributed by atoms with Gasteiger partial charge >= 0.3 is 26.2 Å². The number of rotatable bonds is 3. The molecule has 2 aliphatic rings. The quantitative estimate of drug-likeness (QED) is 0.439. The molecule has 0 saturated carbocycles. The molecule has 20 heavy (non-hydrogen) atoms. The molecule has 0 heterocycles. The summed E-state index contributed by atoms with van der Waals surface area (Å²) >= 11 is 0. The second-order valence-electron chi connectivity index (χ2n) is 4.51. The molecule has 3 heteroatoms. The van der Waals surface area contributed by atoms with Crippen molar-refractivity contribution in [3.63, 3.8) is 0 Å². The zero-order chi connectivity index (χ0) is 11.7. The summed E-state index contributed by atoms with van der Waals surface area (Å²) in [4.78, 5) is 0. The summed E-state index contributed by atoms with van der Waals surface area (Å²) < 4.78 is 0. The fourth-order valence-electron chi connectivity index (χ4n) is 2.61. The van der Waals surface area contributed by atoms with Gasteiger partial charge < -0.3 is 24.8 Å². The molecule has 1 radical (unpaired) electrons. The first kappa shape index (κ1) is 19.6. The van der Waals surface area contributed by atoms with Crippen molar-refractivity contribution in [3.8, 4) is 0 Å². The molecular weight excluding hydrogens is 366 g/mol. The van der Waals surface area contributed by atoms with E-state index in [0.717, 1.165) is 12.8 Å². The normalized spacial score (nSPS) is 17.9. The van der Waals surface area contributed by atoms with Crippen LogP contribution in [0.1, 0.15) is 29.9 Å². The van der Waals surface area contributed by atoms with Crippen LogP contribution in [0.3, 0.4) is 0 Å². The third kappa shape index (κ3) is 3.64. The van der Waals surface area contributed by atoms with Crippen molar-refractivity contribution in [2.24, 2.45) is 0 Å². The number of fused-ring (bicyclic) bond motifs is 1. The molecule has 0 N–H and O–H groups in total. The van der Waals surface area contributed by atoms with Crippen LogP contribution in [0.25, 0.3) is 5.57 Å². The van der Waals surface area contributed by atoms with Gasteiger partial charge in [-0.15, -0.1) is 35.4 Å². The molecule has 0 fully saturated rings. The fraction of sp³-hybridized carbons (Fsp3) is 0.176. The van der Waals surface area contributed by atoms with Gasteiger partial charge in [-0.05, 0) is 6.42 Å². The zero-order valence-corrected chi connectivity index (χ0v) is 15.0. The van der Waals surface area contributed by atoms with Crippen molar-refractivity contribution in [2.75, 3.05) is 0 Å². The minimum Gasteiger partial charge on any atom is -1.00 e. The summed E-state index contributed by atoms with van der Waals surface area (Å²) in [6.07, 6.45) is 14.2. The van der Waals surface area contributed by atoms with E-state index < -0.39 is 0 Å². The minimum atomic E-state index is 0. The van der Waals surface area contributed by atoms with Crippen LogP contribution >= 0.6 is 0 Å². The van der Waals surface area contributed by atoms with Crippen LogP contribution < -0.4 is 24.8 Å². The van der Waals surface area contributed by atoms with E-state index in [0.29, 0.717) is 5.92 Å². The van der Waals surface area contributed by atoms with Crippen LogP contribution in [0, 0.1) is 6.08 Å². The number of halogens is 2. The number of hydrogen-bond donors (Lipinski definition) is 0. The summed E-state index contributed by atoms with van der Waals surface area (Å²) in [6, 6.07) is 8.65. The van der Waals surface area contributed by atoms with Gasteiger partial charge in [0.2, 0.25) is 0 Å². The monoisotopic (exact) mass is 379 g/mol. The zero-order valence-electron chi connectivity index (χ0n) is 11.1. The van der Waals surface area contributed by atoms with Gasteiger partial charge in [-0.2, -0.15) is 11.6 Å². The molecule has 0 amide bonds. The van der Waals surface area contributed by atoms with Crippen molar-refractivity contribution in [1.82, 2.24) is 0 Å². The van der Waals surface area contributed by atoms with E-state index in [1.165, 1.54) is 22.3 Å². The molecule has 1 aromatic carbocycles.